The fourth-order valence-electron chi connectivity index (χ4n) is 3.92. The average molecular weight is 318 g/mol. The molecule has 1 heterocycles. The lowest BCUT2D eigenvalue weighted by Gasteiger charge is -2.23. The van der Waals surface area contributed by atoms with Crippen molar-refractivity contribution in [1.29, 1.82) is 0 Å². The number of carbonyl (C=O) groups is 2. The van der Waals surface area contributed by atoms with Gasteiger partial charge < -0.3 is 10.0 Å². The van der Waals surface area contributed by atoms with Crippen LogP contribution in [-0.4, -0.2) is 39.9 Å². The highest BCUT2D eigenvalue weighted by Gasteiger charge is 2.55. The molecule has 1 aliphatic carbocycles. The van der Waals surface area contributed by atoms with Crippen LogP contribution >= 0.6 is 0 Å². The van der Waals surface area contributed by atoms with Crippen LogP contribution in [0.5, 0.6) is 0 Å². The Morgan fingerprint density at radius 1 is 1.43 bits per heavy atom. The number of carbonyl (C=O) groups excluding carboxylic acids is 1. The van der Waals surface area contributed by atoms with Crippen molar-refractivity contribution in [1.82, 2.24) is 4.90 Å². The van der Waals surface area contributed by atoms with E-state index in [1.165, 1.54) is 11.0 Å². The fourth-order valence-corrected chi connectivity index (χ4v) is 3.92. The van der Waals surface area contributed by atoms with Crippen molar-refractivity contribution in [3.63, 3.8) is 0 Å². The predicted octanol–water partition coefficient (Wildman–Crippen LogP) is 2.23. The first-order valence-electron chi connectivity index (χ1n) is 7.63. The number of hydrogen-bond donors (Lipinski definition) is 1. The third-order valence-corrected chi connectivity index (χ3v) is 5.24. The minimum Gasteiger partial charge on any atom is -0.481 e. The largest absolute Gasteiger partial charge is 0.481 e. The van der Waals surface area contributed by atoms with E-state index < -0.39 is 16.3 Å². The van der Waals surface area contributed by atoms with Gasteiger partial charge in [0.05, 0.1) is 10.3 Å². The molecule has 2 aliphatic rings. The molecule has 1 amide bonds. The van der Waals surface area contributed by atoms with E-state index in [0.717, 1.165) is 12.8 Å². The summed E-state index contributed by atoms with van der Waals surface area (Å²) in [5.41, 5.74) is -0.204. The highest BCUT2D eigenvalue weighted by atomic mass is 16.6. The van der Waals surface area contributed by atoms with E-state index >= 15 is 0 Å². The van der Waals surface area contributed by atoms with Crippen LogP contribution in [0.3, 0.4) is 0 Å². The maximum absolute atomic E-state index is 12.6. The van der Waals surface area contributed by atoms with Crippen molar-refractivity contribution in [2.45, 2.75) is 26.2 Å². The minimum absolute atomic E-state index is 0.0237. The number of amides is 1. The molecule has 0 radical (unpaired) electrons. The molecule has 7 heteroatoms. The lowest BCUT2D eigenvalue weighted by atomic mass is 9.81. The molecule has 1 aliphatic heterocycles. The maximum Gasteiger partial charge on any atom is 0.311 e. The first-order valence-corrected chi connectivity index (χ1v) is 7.63. The van der Waals surface area contributed by atoms with Crippen molar-refractivity contribution in [3.05, 3.63) is 39.4 Å². The number of nitro benzene ring substituents is 1. The van der Waals surface area contributed by atoms with Crippen LogP contribution in [-0.2, 0) is 4.79 Å². The Morgan fingerprint density at radius 3 is 2.78 bits per heavy atom. The Bertz CT molecular complexity index is 702. The van der Waals surface area contributed by atoms with Crippen LogP contribution in [0.2, 0.25) is 0 Å². The molecule has 1 aromatic rings. The summed E-state index contributed by atoms with van der Waals surface area (Å²) in [6, 6.07) is 4.39. The van der Waals surface area contributed by atoms with Crippen LogP contribution in [0.25, 0.3) is 0 Å². The Morgan fingerprint density at radius 2 is 2.17 bits per heavy atom. The molecule has 0 aromatic heterocycles. The number of carboxylic acid groups (broad SMARTS) is 1. The summed E-state index contributed by atoms with van der Waals surface area (Å²) in [6.45, 7) is 2.21. The molecule has 23 heavy (non-hydrogen) atoms. The molecule has 1 saturated heterocycles. The van der Waals surface area contributed by atoms with Gasteiger partial charge in [0.1, 0.15) is 0 Å². The summed E-state index contributed by atoms with van der Waals surface area (Å²) in [6.07, 6.45) is 2.27. The monoisotopic (exact) mass is 318 g/mol. The molecule has 1 aromatic carbocycles. The number of aryl methyl sites for hydroxylation is 1. The van der Waals surface area contributed by atoms with Gasteiger partial charge >= 0.3 is 5.97 Å². The smallest absolute Gasteiger partial charge is 0.311 e. The lowest BCUT2D eigenvalue weighted by molar-refractivity contribution is -0.385. The second kappa shape index (κ2) is 5.33. The van der Waals surface area contributed by atoms with Crippen molar-refractivity contribution < 1.29 is 19.6 Å². The van der Waals surface area contributed by atoms with Gasteiger partial charge in [-0.1, -0.05) is 12.5 Å². The molecule has 1 saturated carbocycles. The van der Waals surface area contributed by atoms with E-state index in [-0.39, 0.29) is 29.6 Å². The van der Waals surface area contributed by atoms with Crippen LogP contribution in [0.4, 0.5) is 5.69 Å². The number of carboxylic acids is 1. The molecule has 0 unspecified atom stereocenters. The average Bonchev–Trinajstić information content (AvgIpc) is 3.04. The molecule has 0 spiro atoms. The van der Waals surface area contributed by atoms with E-state index in [4.69, 9.17) is 0 Å². The van der Waals surface area contributed by atoms with Gasteiger partial charge in [0, 0.05) is 30.3 Å². The molecule has 1 N–H and O–H groups in total. The third kappa shape index (κ3) is 2.36. The second-order valence-corrected chi connectivity index (χ2v) is 6.49. The SMILES string of the molecule is Cc1ccc(C(=O)N2C[C@@H]3CCC[C@@]3(C(=O)O)C2)cc1[N+](=O)[O-]. The van der Waals surface area contributed by atoms with Gasteiger partial charge in [-0.25, -0.2) is 0 Å². The van der Waals surface area contributed by atoms with Crippen LogP contribution < -0.4 is 0 Å². The number of fused-ring (bicyclic) bond motifs is 1. The molecule has 0 bridgehead atoms. The highest BCUT2D eigenvalue weighted by Crippen LogP contribution is 2.49. The van der Waals surface area contributed by atoms with Gasteiger partial charge in [0.15, 0.2) is 0 Å². The Labute approximate surface area is 133 Å². The molecule has 7 nitrogen and oxygen atoms in total. The summed E-state index contributed by atoms with van der Waals surface area (Å²) >= 11 is 0. The molecular formula is C16H18N2O5. The number of nitrogens with zero attached hydrogens (tertiary/aromatic N) is 2. The summed E-state index contributed by atoms with van der Waals surface area (Å²) in [7, 11) is 0. The minimum atomic E-state index is -0.842. The van der Waals surface area contributed by atoms with Crippen molar-refractivity contribution in [2.75, 3.05) is 13.1 Å². The Balaban J connectivity index is 1.87. The van der Waals surface area contributed by atoms with E-state index in [9.17, 15) is 24.8 Å². The van der Waals surface area contributed by atoms with Crippen molar-refractivity contribution >= 4 is 17.6 Å². The standard InChI is InChI=1S/C16H18N2O5/c1-10-4-5-11(7-13(10)18(22)23)14(19)17-8-12-3-2-6-16(12,9-17)15(20)21/h4-5,7,12H,2-3,6,8-9H2,1H3,(H,20,21)/t12-,16+/m0/s1. The molecule has 122 valence electrons. The normalized spacial score (nSPS) is 26.1. The molecule has 2 atom stereocenters. The van der Waals surface area contributed by atoms with E-state index in [2.05, 4.69) is 0 Å². The summed E-state index contributed by atoms with van der Waals surface area (Å²) in [5, 5.41) is 20.6. The highest BCUT2D eigenvalue weighted by molar-refractivity contribution is 5.96. The van der Waals surface area contributed by atoms with Gasteiger partial charge in [0.2, 0.25) is 0 Å². The Kier molecular flexibility index (Phi) is 3.58. The summed E-state index contributed by atoms with van der Waals surface area (Å²) < 4.78 is 0. The van der Waals surface area contributed by atoms with E-state index in [1.807, 2.05) is 0 Å². The van der Waals surface area contributed by atoms with Crippen LogP contribution in [0.15, 0.2) is 18.2 Å². The predicted molar refractivity (Wildman–Crippen MR) is 81.1 cm³/mol. The maximum atomic E-state index is 12.6. The molecule has 3 rings (SSSR count). The van der Waals surface area contributed by atoms with E-state index in [0.29, 0.717) is 18.5 Å². The van der Waals surface area contributed by atoms with Gasteiger partial charge in [0.25, 0.3) is 11.6 Å². The van der Waals surface area contributed by atoms with Crippen molar-refractivity contribution in [3.8, 4) is 0 Å². The first-order chi connectivity index (χ1) is 10.8. The number of likely N-dealkylation sites (tertiary alicyclic amines) is 1. The lowest BCUT2D eigenvalue weighted by Crippen LogP contribution is -2.37. The van der Waals surface area contributed by atoms with Crippen LogP contribution in [0.1, 0.15) is 35.2 Å². The third-order valence-electron chi connectivity index (χ3n) is 5.24. The van der Waals surface area contributed by atoms with Crippen LogP contribution in [0, 0.1) is 28.4 Å². The summed E-state index contributed by atoms with van der Waals surface area (Å²) in [5.74, 6) is -1.20. The first kappa shape index (κ1) is 15.5. The van der Waals surface area contributed by atoms with E-state index in [1.54, 1.807) is 19.1 Å². The molecule has 2 fully saturated rings. The van der Waals surface area contributed by atoms with Crippen molar-refractivity contribution in [2.24, 2.45) is 11.3 Å². The summed E-state index contributed by atoms with van der Waals surface area (Å²) in [4.78, 5) is 36.4. The van der Waals surface area contributed by atoms with Gasteiger partial charge in [-0.2, -0.15) is 0 Å². The number of rotatable bonds is 3. The Hall–Kier alpha value is -2.44. The van der Waals surface area contributed by atoms with Gasteiger partial charge in [-0.15, -0.1) is 0 Å². The number of nitro groups is 1. The van der Waals surface area contributed by atoms with Gasteiger partial charge in [-0.05, 0) is 31.7 Å². The van der Waals surface area contributed by atoms with Gasteiger partial charge in [-0.3, -0.25) is 19.7 Å². The zero-order valence-corrected chi connectivity index (χ0v) is 12.8. The number of aliphatic carboxylic acids is 1. The number of benzene rings is 1. The zero-order chi connectivity index (χ0) is 16.8. The molecular weight excluding hydrogens is 300 g/mol. The zero-order valence-electron chi connectivity index (χ0n) is 12.8. The quantitative estimate of drug-likeness (QED) is 0.680. The number of hydrogen-bond acceptors (Lipinski definition) is 4. The second-order valence-electron chi connectivity index (χ2n) is 6.49. The fraction of sp³-hybridized carbons (Fsp3) is 0.500. The topological polar surface area (TPSA) is 101 Å².